The molecule has 0 aliphatic rings. The highest BCUT2D eigenvalue weighted by Gasteiger charge is 2.18. The van der Waals surface area contributed by atoms with E-state index in [2.05, 4.69) is 20.0 Å². The Morgan fingerprint density at radius 2 is 1.69 bits per heavy atom. The molecule has 0 radical (unpaired) electrons. The number of esters is 1. The number of benzene rings is 2. The van der Waals surface area contributed by atoms with Gasteiger partial charge in [-0.05, 0) is 68.0 Å². The molecule has 182 valence electrons. The minimum atomic E-state index is -3.90. The van der Waals surface area contributed by atoms with Gasteiger partial charge >= 0.3 is 5.97 Å². The van der Waals surface area contributed by atoms with Gasteiger partial charge < -0.3 is 14.8 Å². The summed E-state index contributed by atoms with van der Waals surface area (Å²) in [4.78, 5) is 32.0. The summed E-state index contributed by atoms with van der Waals surface area (Å²) in [6.07, 6.45) is 4.53. The largest absolute Gasteiger partial charge is 0.494 e. The van der Waals surface area contributed by atoms with E-state index in [0.717, 1.165) is 11.3 Å². The Hall–Kier alpha value is -4.25. The van der Waals surface area contributed by atoms with Gasteiger partial charge in [0.1, 0.15) is 5.75 Å². The molecule has 1 unspecified atom stereocenters. The average Bonchev–Trinajstić information content (AvgIpc) is 2.84. The third-order valence-electron chi connectivity index (χ3n) is 4.49. The molecule has 1 atom stereocenters. The van der Waals surface area contributed by atoms with Crippen molar-refractivity contribution >= 4 is 39.6 Å². The lowest BCUT2D eigenvalue weighted by atomic mass is 10.2. The number of carbonyl (C=O) groups is 2. The lowest BCUT2D eigenvalue weighted by Gasteiger charge is -2.13. The molecule has 3 rings (SSSR count). The summed E-state index contributed by atoms with van der Waals surface area (Å²) in [5, 5.41) is 2.57. The first-order valence-corrected chi connectivity index (χ1v) is 12.1. The fourth-order valence-corrected chi connectivity index (χ4v) is 3.72. The number of sulfonamides is 1. The number of nitrogens with zero attached hydrogens (tertiary/aromatic N) is 2. The zero-order valence-corrected chi connectivity index (χ0v) is 19.9. The van der Waals surface area contributed by atoms with Gasteiger partial charge in [-0.1, -0.05) is 12.1 Å². The predicted octanol–water partition coefficient (Wildman–Crippen LogP) is 3.26. The Balaban J connectivity index is 1.52. The maximum absolute atomic E-state index is 12.4. The molecule has 1 amide bonds. The number of amides is 1. The third-order valence-corrected chi connectivity index (χ3v) is 5.83. The summed E-state index contributed by atoms with van der Waals surface area (Å²) in [5.74, 6) is -0.585. The van der Waals surface area contributed by atoms with Crippen molar-refractivity contribution in [2.24, 2.45) is 0 Å². The molecule has 0 aliphatic heterocycles. The molecule has 11 heteroatoms. The van der Waals surface area contributed by atoms with Gasteiger partial charge in [0, 0.05) is 24.2 Å². The van der Waals surface area contributed by atoms with Crippen molar-refractivity contribution in [3.63, 3.8) is 0 Å². The number of carbonyl (C=O) groups excluding carboxylic acids is 2. The quantitative estimate of drug-likeness (QED) is 0.322. The molecule has 1 heterocycles. The molecule has 0 fully saturated rings. The minimum absolute atomic E-state index is 0.0399. The predicted molar refractivity (Wildman–Crippen MR) is 130 cm³/mol. The van der Waals surface area contributed by atoms with Crippen LogP contribution in [0.4, 0.5) is 11.6 Å². The van der Waals surface area contributed by atoms with Crippen molar-refractivity contribution in [3.05, 3.63) is 78.6 Å². The van der Waals surface area contributed by atoms with Crippen molar-refractivity contribution in [1.29, 1.82) is 0 Å². The second kappa shape index (κ2) is 11.7. The van der Waals surface area contributed by atoms with Crippen LogP contribution < -0.4 is 14.8 Å². The molecule has 2 N–H and O–H groups in total. The summed E-state index contributed by atoms with van der Waals surface area (Å²) < 4.78 is 37.6. The maximum Gasteiger partial charge on any atom is 0.331 e. The van der Waals surface area contributed by atoms with Gasteiger partial charge in [-0.3, -0.25) is 4.79 Å². The van der Waals surface area contributed by atoms with E-state index in [1.165, 1.54) is 49.7 Å². The molecule has 2 aromatic carbocycles. The Morgan fingerprint density at radius 1 is 1.03 bits per heavy atom. The monoisotopic (exact) mass is 496 g/mol. The number of rotatable bonds is 10. The highest BCUT2D eigenvalue weighted by Crippen LogP contribution is 2.17. The zero-order valence-electron chi connectivity index (χ0n) is 19.0. The fraction of sp³-hybridized carbons (Fsp3) is 0.167. The highest BCUT2D eigenvalue weighted by molar-refractivity contribution is 7.92. The fourth-order valence-electron chi connectivity index (χ4n) is 2.77. The van der Waals surface area contributed by atoms with Crippen LogP contribution in [0.1, 0.15) is 19.4 Å². The minimum Gasteiger partial charge on any atom is -0.494 e. The van der Waals surface area contributed by atoms with Crippen LogP contribution in [0.5, 0.6) is 5.75 Å². The van der Waals surface area contributed by atoms with E-state index in [1.807, 2.05) is 6.92 Å². The Bertz CT molecular complexity index is 1280. The topological polar surface area (TPSA) is 137 Å². The SMILES string of the molecule is CCOc1ccc(C=CC(=O)OC(C)C(=O)Nc2ccc(S(=O)(=O)Nc3ncccn3)cc2)cc1. The first-order chi connectivity index (χ1) is 16.8. The Kier molecular flexibility index (Phi) is 8.52. The number of hydrogen-bond donors (Lipinski definition) is 2. The van der Waals surface area contributed by atoms with Gasteiger partial charge in [-0.2, -0.15) is 0 Å². The van der Waals surface area contributed by atoms with E-state index in [1.54, 1.807) is 36.4 Å². The van der Waals surface area contributed by atoms with Gasteiger partial charge in [-0.15, -0.1) is 0 Å². The van der Waals surface area contributed by atoms with Crippen LogP contribution in [0.2, 0.25) is 0 Å². The summed E-state index contributed by atoms with van der Waals surface area (Å²) in [5.41, 5.74) is 1.10. The normalized spacial score (nSPS) is 12.1. The Labute approximate surface area is 203 Å². The Morgan fingerprint density at radius 3 is 2.31 bits per heavy atom. The molecule has 0 spiro atoms. The molecule has 35 heavy (non-hydrogen) atoms. The second-order valence-corrected chi connectivity index (χ2v) is 8.79. The van der Waals surface area contributed by atoms with E-state index >= 15 is 0 Å². The van der Waals surface area contributed by atoms with E-state index < -0.39 is 28.0 Å². The van der Waals surface area contributed by atoms with Crippen LogP contribution in [-0.2, 0) is 24.3 Å². The third kappa shape index (κ3) is 7.64. The van der Waals surface area contributed by atoms with Crippen molar-refractivity contribution < 1.29 is 27.5 Å². The van der Waals surface area contributed by atoms with Gasteiger partial charge in [0.15, 0.2) is 6.10 Å². The average molecular weight is 497 g/mol. The summed E-state index contributed by atoms with van der Waals surface area (Å²) in [7, 11) is -3.90. The molecule has 0 aliphatic carbocycles. The molecule has 0 saturated carbocycles. The van der Waals surface area contributed by atoms with Crippen LogP contribution in [0.25, 0.3) is 6.08 Å². The van der Waals surface area contributed by atoms with Gasteiger partial charge in [0.2, 0.25) is 5.95 Å². The summed E-state index contributed by atoms with van der Waals surface area (Å²) >= 11 is 0. The van der Waals surface area contributed by atoms with Crippen LogP contribution in [0.3, 0.4) is 0 Å². The van der Waals surface area contributed by atoms with Crippen LogP contribution >= 0.6 is 0 Å². The molecular weight excluding hydrogens is 472 g/mol. The summed E-state index contributed by atoms with van der Waals surface area (Å²) in [6.45, 7) is 3.88. The first-order valence-electron chi connectivity index (χ1n) is 10.6. The van der Waals surface area contributed by atoms with Gasteiger partial charge in [0.05, 0.1) is 11.5 Å². The van der Waals surface area contributed by atoms with E-state index in [-0.39, 0.29) is 10.8 Å². The van der Waals surface area contributed by atoms with Crippen molar-refractivity contribution in [1.82, 2.24) is 9.97 Å². The summed E-state index contributed by atoms with van der Waals surface area (Å²) in [6, 6.07) is 14.2. The number of hydrogen-bond acceptors (Lipinski definition) is 8. The smallest absolute Gasteiger partial charge is 0.331 e. The zero-order chi connectivity index (χ0) is 25.3. The van der Waals surface area contributed by atoms with Crippen LogP contribution in [-0.4, -0.2) is 43.0 Å². The first kappa shape index (κ1) is 25.4. The number of anilines is 2. The molecule has 1 aromatic heterocycles. The van der Waals surface area contributed by atoms with Crippen LogP contribution in [0, 0.1) is 0 Å². The lowest BCUT2D eigenvalue weighted by Crippen LogP contribution is -2.29. The van der Waals surface area contributed by atoms with E-state index in [4.69, 9.17) is 9.47 Å². The lowest BCUT2D eigenvalue weighted by molar-refractivity contribution is -0.148. The number of ether oxygens (including phenoxy) is 2. The number of nitrogens with one attached hydrogen (secondary N) is 2. The molecule has 3 aromatic rings. The van der Waals surface area contributed by atoms with Crippen molar-refractivity contribution in [2.45, 2.75) is 24.8 Å². The van der Waals surface area contributed by atoms with E-state index in [9.17, 15) is 18.0 Å². The number of aromatic nitrogens is 2. The molecular formula is C24H24N4O6S. The van der Waals surface area contributed by atoms with E-state index in [0.29, 0.717) is 12.3 Å². The molecule has 10 nitrogen and oxygen atoms in total. The standard InChI is InChI=1S/C24H24N4O6S/c1-3-33-20-10-5-18(6-11-20)7-14-22(29)34-17(2)23(30)27-19-8-12-21(13-9-19)35(31,32)28-24-25-15-4-16-26-24/h4-17H,3H2,1-2H3,(H,27,30)(H,25,26,28). The van der Waals surface area contributed by atoms with Gasteiger partial charge in [0.25, 0.3) is 15.9 Å². The maximum atomic E-state index is 12.4. The molecule has 0 bridgehead atoms. The van der Waals surface area contributed by atoms with Crippen molar-refractivity contribution in [2.75, 3.05) is 16.6 Å². The molecule has 0 saturated heterocycles. The van der Waals surface area contributed by atoms with Gasteiger partial charge in [-0.25, -0.2) is 27.9 Å². The van der Waals surface area contributed by atoms with Crippen molar-refractivity contribution in [3.8, 4) is 5.75 Å². The second-order valence-electron chi connectivity index (χ2n) is 7.11. The highest BCUT2D eigenvalue weighted by atomic mass is 32.2. The van der Waals surface area contributed by atoms with Crippen LogP contribution in [0.15, 0.2) is 78.0 Å².